The number of likely N-dealkylation sites (tertiary alicyclic amines) is 6. The van der Waals surface area contributed by atoms with Crippen LogP contribution in [-0.2, 0) is 36.9 Å². The van der Waals surface area contributed by atoms with Crippen molar-refractivity contribution in [2.24, 2.45) is 51.4 Å². The van der Waals surface area contributed by atoms with Crippen molar-refractivity contribution in [3.05, 3.63) is 169 Å². The fraction of sp³-hybridized carbons (Fsp3) is 0.645. The van der Waals surface area contributed by atoms with Crippen molar-refractivity contribution < 1.29 is 84.5 Å². The van der Waals surface area contributed by atoms with Gasteiger partial charge in [-0.15, -0.1) is 0 Å². The molecule has 14 aliphatic rings. The lowest BCUT2D eigenvalue weighted by Crippen LogP contribution is -2.42. The van der Waals surface area contributed by atoms with E-state index in [0.717, 1.165) is 213 Å². The highest BCUT2D eigenvalue weighted by Gasteiger charge is 2.45. The first-order valence-corrected chi connectivity index (χ1v) is 54.2. The SMILES string of the molecule is CC(C)[C@H]1CN(C(C)C)C[C@H]1NC(=O)c1cc(C2CC2)on1.CC(C)c1cc(C(=O)N[C@H]2C[C@@H](CCC(=O)C3CCCCC3)N(C3CC3)C2)no1.COC(=O)CN1C[C@@H](C)[C@H](NC(=O)c2cc(C3CC3)on2)C1.COC(=O)CN1C[C@H](C)[C@H](NC(=O)c2cc(C3CC3)on2)C1.COc1cccc(CN2C[C@H](C)[C@H](NC(=O)c3cc(C4CC4)on3)C2)c1.C[C@H]1CN(Cc2ccc3c(c2)=NCN=3)C[C@H]1NC(=O)c1cc(C2CC2)on1. The molecule has 6 amide bonds. The highest BCUT2D eigenvalue weighted by atomic mass is 16.5. The van der Waals surface area contributed by atoms with Gasteiger partial charge in [0.2, 0.25) is 0 Å². The maximum atomic E-state index is 12.6. The minimum absolute atomic E-state index is 0.00164. The van der Waals surface area contributed by atoms with E-state index in [4.69, 9.17) is 31.9 Å². The van der Waals surface area contributed by atoms with E-state index in [1.165, 1.54) is 57.5 Å². The van der Waals surface area contributed by atoms with Gasteiger partial charge in [0.05, 0.1) is 45.1 Å². The Balaban J connectivity index is 0.000000122. The predicted molar refractivity (Wildman–Crippen MR) is 545 cm³/mol. The van der Waals surface area contributed by atoms with Crippen molar-refractivity contribution in [2.75, 3.05) is 113 Å². The van der Waals surface area contributed by atoms with Gasteiger partial charge in [-0.2, -0.15) is 0 Å². The molecule has 0 radical (unpaired) electrons. The summed E-state index contributed by atoms with van der Waals surface area (Å²) in [4.78, 5) is 132. The molecule has 13 heterocycles. The van der Waals surface area contributed by atoms with Crippen molar-refractivity contribution in [1.82, 2.24) is 92.2 Å². The smallest absolute Gasteiger partial charge is 0.319 e. The van der Waals surface area contributed by atoms with Gasteiger partial charge in [-0.05, 0) is 187 Å². The van der Waals surface area contributed by atoms with Gasteiger partial charge in [-0.1, -0.05) is 124 Å². The number of carbonyl (C=O) groups is 9. The highest BCUT2D eigenvalue weighted by molar-refractivity contribution is 5.95. The van der Waals surface area contributed by atoms with E-state index in [9.17, 15) is 43.2 Å². The van der Waals surface area contributed by atoms with Gasteiger partial charge in [0.15, 0.2) is 34.2 Å². The summed E-state index contributed by atoms with van der Waals surface area (Å²) < 4.78 is 46.2. The molecule has 2 aromatic carbocycles. The lowest BCUT2D eigenvalue weighted by atomic mass is 9.84. The minimum Gasteiger partial charge on any atom is -0.497 e. The summed E-state index contributed by atoms with van der Waals surface area (Å²) in [6.45, 7) is 33.3. The molecular weight excluding hydrogens is 1890 g/mol. The average molecular weight is 2040 g/mol. The zero-order valence-corrected chi connectivity index (χ0v) is 88.3. The van der Waals surface area contributed by atoms with E-state index in [2.05, 4.69) is 182 Å². The monoisotopic (exact) mass is 2040 g/mol. The molecule has 0 unspecified atom stereocenters. The number of ether oxygens (including phenoxy) is 3. The largest absolute Gasteiger partial charge is 0.497 e. The number of carbonyl (C=O) groups excluding carboxylic acids is 9. The first-order valence-electron chi connectivity index (χ1n) is 54.2. The van der Waals surface area contributed by atoms with Crippen LogP contribution < -0.4 is 47.4 Å². The number of hydrogen-bond donors (Lipinski definition) is 6. The summed E-state index contributed by atoms with van der Waals surface area (Å²) >= 11 is 0. The van der Waals surface area contributed by atoms with Gasteiger partial charge in [0, 0.05) is 224 Å². The molecule has 8 aromatic rings. The average Bonchev–Trinajstić information content (AvgIpc) is 1.64. The van der Waals surface area contributed by atoms with Crippen LogP contribution in [0.1, 0.15) is 342 Å². The molecule has 7 aliphatic carbocycles. The fourth-order valence-corrected chi connectivity index (χ4v) is 21.6. The second-order valence-electron chi connectivity index (χ2n) is 44.9. The molecule has 38 nitrogen and oxygen atoms in total. The molecular formula is C110H152N20O18. The molecule has 7 aliphatic heterocycles. The second kappa shape index (κ2) is 49.4. The molecule has 6 aromatic heterocycles. The number of nitrogens with one attached hydrogen (secondary N) is 6. The number of amides is 6. The van der Waals surface area contributed by atoms with Crippen LogP contribution in [0, 0.1) is 41.4 Å². The van der Waals surface area contributed by atoms with Gasteiger partial charge in [-0.25, -0.2) is 0 Å². The van der Waals surface area contributed by atoms with Crippen molar-refractivity contribution in [1.29, 1.82) is 0 Å². The third kappa shape index (κ3) is 29.5. The van der Waals surface area contributed by atoms with Crippen LogP contribution in [0.15, 0.2) is 116 Å². The number of rotatable bonds is 34. The summed E-state index contributed by atoms with van der Waals surface area (Å²) in [5.41, 5.74) is 4.70. The summed E-state index contributed by atoms with van der Waals surface area (Å²) in [6.07, 6.45) is 22.2. The Morgan fingerprint density at radius 3 is 1.20 bits per heavy atom. The van der Waals surface area contributed by atoms with Crippen molar-refractivity contribution in [3.63, 3.8) is 0 Å². The normalized spacial score (nSPS) is 25.0. The molecule has 7 saturated carbocycles. The van der Waals surface area contributed by atoms with Crippen molar-refractivity contribution in [3.8, 4) is 5.75 Å². The topological polar surface area (TPSA) is 454 Å². The predicted octanol–water partition coefficient (Wildman–Crippen LogP) is 12.1. The number of esters is 2. The number of fused-ring (bicyclic) bond motifs is 1. The number of nitrogens with zero attached hydrogens (tertiary/aromatic N) is 14. The van der Waals surface area contributed by atoms with Gasteiger partial charge >= 0.3 is 11.9 Å². The van der Waals surface area contributed by atoms with E-state index in [1.807, 2.05) is 47.9 Å². The molecule has 12 atom stereocenters. The Hall–Kier alpha value is -11.7. The van der Waals surface area contributed by atoms with Crippen LogP contribution in [0.2, 0.25) is 0 Å². The minimum atomic E-state index is -0.259. The zero-order chi connectivity index (χ0) is 104. The second-order valence-corrected chi connectivity index (χ2v) is 44.9. The van der Waals surface area contributed by atoms with Crippen LogP contribution >= 0.6 is 0 Å². The van der Waals surface area contributed by atoms with E-state index in [0.29, 0.717) is 143 Å². The van der Waals surface area contributed by atoms with Crippen LogP contribution in [0.4, 0.5) is 0 Å². The Morgan fingerprint density at radius 1 is 0.399 bits per heavy atom. The van der Waals surface area contributed by atoms with Crippen LogP contribution in [0.3, 0.4) is 0 Å². The first-order chi connectivity index (χ1) is 71.4. The third-order valence-corrected chi connectivity index (χ3v) is 31.6. The van der Waals surface area contributed by atoms with Crippen LogP contribution in [0.25, 0.3) is 0 Å². The molecule has 38 heteroatoms. The number of aromatic nitrogens is 6. The molecule has 0 bridgehead atoms. The Morgan fingerprint density at radius 2 is 0.797 bits per heavy atom. The summed E-state index contributed by atoms with van der Waals surface area (Å²) in [6, 6.07) is 27.1. The Kier molecular flexibility index (Phi) is 35.9. The third-order valence-electron chi connectivity index (χ3n) is 31.6. The summed E-state index contributed by atoms with van der Waals surface area (Å²) in [5, 5.41) is 44.0. The fourth-order valence-electron chi connectivity index (χ4n) is 21.6. The van der Waals surface area contributed by atoms with Gasteiger partial charge < -0.3 is 73.2 Å². The molecule has 800 valence electrons. The van der Waals surface area contributed by atoms with Gasteiger partial charge in [0.1, 0.15) is 52.8 Å². The quantitative estimate of drug-likeness (QED) is 0.0204. The molecule has 6 saturated heterocycles. The summed E-state index contributed by atoms with van der Waals surface area (Å²) in [5.74, 6) is 9.91. The first kappa shape index (κ1) is 108. The number of Topliss-reactive ketones (excluding diaryl/α,β-unsaturated/α-hetero) is 1. The standard InChI is InChI=1S/C23H35N3O3.C20H23N5O2.C20H25N3O3.C17H27N3O2.2C15H21N3O4/c1-15(2)22-13-20(25-29-22)23(28)24-17-12-19(26(14-17)18-8-9-18)10-11-21(27)16-6-4-3-5-7-16;1-12-8-25(9-13-2-5-15-16(6-13)22-11-21-15)10-18(12)23-20(26)17-7-19(27-24-17)14-3-4-14;1-13-10-23(11-14-4-3-5-16(8-14)25-2)12-18(13)21-20(24)17-9-19(26-22-17)15-6-7-15;1-10(2)13-8-20(11(3)4)9-15(13)18-17(21)14-7-16(22-19-14)12-5-6-12;2*1-9-6-18(8-14(19)21-2)7-12(9)16-15(20)11-5-13(22-17-11)10-3-4-10/h13,15-19H,3-12,14H2,1-2H3,(H,24,28);2,5-7,12,14,18H,3-4,8-11H2,1H3,(H,23,26);3-5,8-9,13,15,18H,6-7,10-12H2,1-2H3,(H,21,24);7,10-13,15H,5-6,8-9H2,1-4H3,(H,18,21);2*5,9-10,12H,3-4,6-8H2,1-2H3,(H,16,20)/t17-,19+;12-,18+;13-,18+;13-,15-;9-,12+;9-,12-/m000101/s1. The molecule has 148 heavy (non-hydrogen) atoms. The number of hydrogen-bond acceptors (Lipinski definition) is 32. The van der Waals surface area contributed by atoms with Crippen molar-refractivity contribution in [2.45, 2.75) is 301 Å². The maximum Gasteiger partial charge on any atom is 0.319 e. The van der Waals surface area contributed by atoms with E-state index in [1.54, 1.807) is 37.4 Å². The molecule has 0 spiro atoms. The Bertz CT molecular complexity index is 5890. The van der Waals surface area contributed by atoms with E-state index < -0.39 is 0 Å². The lowest BCUT2D eigenvalue weighted by molar-refractivity contribution is -0.142. The maximum absolute atomic E-state index is 12.6. The van der Waals surface area contributed by atoms with E-state index in [-0.39, 0.29) is 114 Å². The lowest BCUT2D eigenvalue weighted by Gasteiger charge is -2.25. The van der Waals surface area contributed by atoms with Crippen LogP contribution in [0.5, 0.6) is 5.75 Å². The number of benzene rings is 2. The number of ketones is 1. The molecule has 22 rings (SSSR count). The Labute approximate surface area is 865 Å². The highest BCUT2D eigenvalue weighted by Crippen LogP contribution is 2.45. The zero-order valence-electron chi connectivity index (χ0n) is 88.3. The summed E-state index contributed by atoms with van der Waals surface area (Å²) in [7, 11) is 4.44. The van der Waals surface area contributed by atoms with Crippen LogP contribution in [-0.4, -0.2) is 281 Å². The van der Waals surface area contributed by atoms with Crippen molar-refractivity contribution >= 4 is 53.2 Å². The van der Waals surface area contributed by atoms with Gasteiger partial charge in [-0.3, -0.25) is 82.5 Å². The van der Waals surface area contributed by atoms with E-state index >= 15 is 0 Å². The van der Waals surface area contributed by atoms with Gasteiger partial charge in [0.25, 0.3) is 35.4 Å². The molecule has 6 N–H and O–H groups in total. The molecule has 13 fully saturated rings. The number of methoxy groups -OCH3 is 3.